The molecule has 0 bridgehead atoms. The molecule has 0 fully saturated rings. The SMILES string of the molecule is [Be+2].[CH2-]C.[CH2-]C.[F-].[K+]. The second-order valence-electron chi connectivity index (χ2n) is 0. The molecule has 0 saturated heterocycles. The quantitative estimate of drug-likeness (QED) is 0.225. The first-order chi connectivity index (χ1) is 2.00. The van der Waals surface area contributed by atoms with Crippen molar-refractivity contribution in [2.24, 2.45) is 0 Å². The van der Waals surface area contributed by atoms with E-state index in [-0.39, 0.29) is 66.2 Å². The van der Waals surface area contributed by atoms with E-state index in [1.54, 1.807) is 13.8 Å². The number of hydrogen-bond donors (Lipinski definition) is 0. The van der Waals surface area contributed by atoms with Crippen molar-refractivity contribution in [2.75, 3.05) is 0 Å². The Hall–Kier alpha value is 1.74. The van der Waals surface area contributed by atoms with Gasteiger partial charge in [0.05, 0.1) is 0 Å². The van der Waals surface area contributed by atoms with Crippen molar-refractivity contribution >= 4 is 10.1 Å². The number of rotatable bonds is 0. The van der Waals surface area contributed by atoms with Crippen LogP contribution < -0.4 is 56.1 Å². The molecule has 0 aliphatic carbocycles. The fourth-order valence-corrected chi connectivity index (χ4v) is 0. The topological polar surface area (TPSA) is 0 Å². The zero-order valence-electron chi connectivity index (χ0n) is 5.50. The van der Waals surface area contributed by atoms with Crippen LogP contribution >= 0.6 is 0 Å². The van der Waals surface area contributed by atoms with Crippen molar-refractivity contribution in [3.05, 3.63) is 13.8 Å². The van der Waals surface area contributed by atoms with Crippen LogP contribution in [0.25, 0.3) is 0 Å². The molecule has 0 heterocycles. The van der Waals surface area contributed by atoms with Crippen LogP contribution in [0, 0.1) is 13.8 Å². The summed E-state index contributed by atoms with van der Waals surface area (Å²) in [6.07, 6.45) is 0. The maximum absolute atomic E-state index is 3.25. The molecular formula is C4H10BeFK. The molecule has 0 amide bonds. The summed E-state index contributed by atoms with van der Waals surface area (Å²) in [5, 5.41) is 0. The van der Waals surface area contributed by atoms with E-state index in [2.05, 4.69) is 13.8 Å². The van der Waals surface area contributed by atoms with Crippen molar-refractivity contribution in [1.29, 1.82) is 0 Å². The van der Waals surface area contributed by atoms with E-state index in [4.69, 9.17) is 0 Å². The van der Waals surface area contributed by atoms with Gasteiger partial charge in [0.1, 0.15) is 0 Å². The molecule has 3 heteroatoms. The van der Waals surface area contributed by atoms with Gasteiger partial charge < -0.3 is 18.6 Å². The van der Waals surface area contributed by atoms with Gasteiger partial charge in [0, 0.05) is 0 Å². The summed E-state index contributed by atoms with van der Waals surface area (Å²) in [4.78, 5) is 0. The second-order valence-corrected chi connectivity index (χ2v) is 0. The van der Waals surface area contributed by atoms with Crippen molar-refractivity contribution in [3.63, 3.8) is 0 Å². The summed E-state index contributed by atoms with van der Waals surface area (Å²) >= 11 is 0. The number of hydrogen-bond acceptors (Lipinski definition) is 0. The molecule has 0 aromatic heterocycles. The van der Waals surface area contributed by atoms with Crippen LogP contribution in [-0.2, 0) is 0 Å². The Balaban J connectivity index is -0.00000000267. The largest absolute Gasteiger partial charge is 2.00 e. The Labute approximate surface area is 92.5 Å². The Morgan fingerprint density at radius 2 is 0.857 bits per heavy atom. The van der Waals surface area contributed by atoms with E-state index in [1.165, 1.54) is 0 Å². The van der Waals surface area contributed by atoms with Gasteiger partial charge >= 0.3 is 61.5 Å². The van der Waals surface area contributed by atoms with Crippen LogP contribution in [0.1, 0.15) is 13.8 Å². The van der Waals surface area contributed by atoms with Gasteiger partial charge in [0.15, 0.2) is 0 Å². The van der Waals surface area contributed by atoms with Gasteiger partial charge in [-0.2, -0.15) is 13.8 Å². The predicted molar refractivity (Wildman–Crippen MR) is 27.8 cm³/mol. The minimum atomic E-state index is 0. The maximum atomic E-state index is 3.25. The second kappa shape index (κ2) is 117. The van der Waals surface area contributed by atoms with Crippen molar-refractivity contribution < 1.29 is 56.1 Å². The van der Waals surface area contributed by atoms with Crippen LogP contribution in [0.4, 0.5) is 0 Å². The van der Waals surface area contributed by atoms with E-state index in [1.807, 2.05) is 0 Å². The summed E-state index contributed by atoms with van der Waals surface area (Å²) in [6.45, 7) is 10.0. The molecule has 0 N–H and O–H groups in total. The first-order valence-corrected chi connectivity index (χ1v) is 1.41. The minimum Gasteiger partial charge on any atom is -1.00 e. The van der Waals surface area contributed by atoms with Gasteiger partial charge in [0.25, 0.3) is 0 Å². The molecule has 0 atom stereocenters. The van der Waals surface area contributed by atoms with Gasteiger partial charge in [-0.05, 0) is 0 Å². The molecule has 0 aromatic rings. The molecule has 0 radical (unpaired) electrons. The third-order valence-electron chi connectivity index (χ3n) is 0. The van der Waals surface area contributed by atoms with Crippen LogP contribution in [0.2, 0.25) is 0 Å². The Kier molecular flexibility index (Phi) is 624. The van der Waals surface area contributed by atoms with Crippen molar-refractivity contribution in [3.8, 4) is 0 Å². The fraction of sp³-hybridized carbons (Fsp3) is 0.500. The summed E-state index contributed by atoms with van der Waals surface area (Å²) in [7, 11) is 0. The molecule has 7 heavy (non-hydrogen) atoms. The van der Waals surface area contributed by atoms with Crippen molar-refractivity contribution in [1.82, 2.24) is 0 Å². The molecule has 0 nitrogen and oxygen atoms in total. The molecule has 36 valence electrons. The average Bonchev–Trinajstić information content (AvgIpc) is 1.50. The molecule has 0 aliphatic heterocycles. The summed E-state index contributed by atoms with van der Waals surface area (Å²) in [5.74, 6) is 0. The van der Waals surface area contributed by atoms with Gasteiger partial charge in [-0.1, -0.05) is 0 Å². The van der Waals surface area contributed by atoms with Crippen LogP contribution in [0.5, 0.6) is 0 Å². The van der Waals surface area contributed by atoms with Gasteiger partial charge in [0.2, 0.25) is 0 Å². The fourth-order valence-electron chi connectivity index (χ4n) is 0. The Morgan fingerprint density at radius 1 is 0.857 bits per heavy atom. The smallest absolute Gasteiger partial charge is 1.00 e. The van der Waals surface area contributed by atoms with Gasteiger partial charge in [-0.25, -0.2) is 0 Å². The van der Waals surface area contributed by atoms with E-state index >= 15 is 0 Å². The summed E-state index contributed by atoms with van der Waals surface area (Å²) in [6, 6.07) is 0. The number of halogens is 1. The molecule has 0 rings (SSSR count). The van der Waals surface area contributed by atoms with E-state index in [0.29, 0.717) is 0 Å². The molecule has 0 aromatic carbocycles. The van der Waals surface area contributed by atoms with Crippen LogP contribution in [0.3, 0.4) is 0 Å². The zero-order valence-corrected chi connectivity index (χ0v) is 8.62. The Morgan fingerprint density at radius 3 is 0.857 bits per heavy atom. The molecule has 0 saturated carbocycles. The van der Waals surface area contributed by atoms with E-state index in [0.717, 1.165) is 0 Å². The van der Waals surface area contributed by atoms with Gasteiger partial charge in [-0.15, -0.1) is 0 Å². The third kappa shape index (κ3) is 84.5. The monoisotopic (exact) mass is 125 g/mol. The normalized spacial score (nSPS) is 1.71. The van der Waals surface area contributed by atoms with E-state index < -0.39 is 0 Å². The summed E-state index contributed by atoms with van der Waals surface area (Å²) < 4.78 is 0. The minimum absolute atomic E-state index is 0. The average molecular weight is 125 g/mol. The maximum Gasteiger partial charge on any atom is 2.00 e. The van der Waals surface area contributed by atoms with Crippen LogP contribution in [-0.4, -0.2) is 10.1 Å². The Bertz CT molecular complexity index is 11.7. The molecule has 0 spiro atoms. The first-order valence-electron chi connectivity index (χ1n) is 1.41. The molecular weight excluding hydrogens is 115 g/mol. The predicted octanol–water partition coefficient (Wildman–Crippen LogP) is -4.69. The van der Waals surface area contributed by atoms with Gasteiger partial charge in [-0.3, -0.25) is 0 Å². The standard InChI is InChI=1S/2C2H5.Be.FH.K/c2*1-2;;;/h2*1H2,2H3;;1H;/q2*-1;+2;;+1/p-1. The first kappa shape index (κ1) is 37.5. The third-order valence-corrected chi connectivity index (χ3v) is 0. The van der Waals surface area contributed by atoms with Crippen LogP contribution in [0.15, 0.2) is 0 Å². The van der Waals surface area contributed by atoms with Crippen molar-refractivity contribution in [2.45, 2.75) is 13.8 Å². The molecule has 0 aliphatic rings. The zero-order chi connectivity index (χ0) is 4.00. The molecule has 0 unspecified atom stereocenters. The summed E-state index contributed by atoms with van der Waals surface area (Å²) in [5.41, 5.74) is 0. The van der Waals surface area contributed by atoms with E-state index in [9.17, 15) is 0 Å².